The molecular weight excluding hydrogens is 429 g/mol. The molecule has 2 rings (SSSR count). The number of amides is 1. The van der Waals surface area contributed by atoms with E-state index >= 15 is 0 Å². The van der Waals surface area contributed by atoms with Crippen LogP contribution in [0.25, 0.3) is 0 Å². The number of hydrogen-bond donors (Lipinski definition) is 1. The fourth-order valence-corrected chi connectivity index (χ4v) is 3.42. The van der Waals surface area contributed by atoms with Gasteiger partial charge in [-0.15, -0.1) is 0 Å². The summed E-state index contributed by atoms with van der Waals surface area (Å²) >= 11 is 0. The predicted octanol–water partition coefficient (Wildman–Crippen LogP) is 1.50. The van der Waals surface area contributed by atoms with Crippen molar-refractivity contribution in [3.05, 3.63) is 29.8 Å². The SMILES string of the molecule is COCC(=O)OC(C)C(=O)OCc1ccc(B2OC(C)(C)C(C)(CCCNC(C)=O)O2)cc1. The highest BCUT2D eigenvalue weighted by Gasteiger charge is 2.54. The first kappa shape index (κ1) is 26.8. The number of ether oxygens (including phenoxy) is 3. The van der Waals surface area contributed by atoms with Crippen LogP contribution in [0.15, 0.2) is 24.3 Å². The Bertz CT molecular complexity index is 828. The van der Waals surface area contributed by atoms with Crippen LogP contribution in [-0.4, -0.2) is 62.5 Å². The monoisotopic (exact) mass is 463 g/mol. The molecule has 1 aromatic carbocycles. The molecule has 0 saturated carbocycles. The molecule has 33 heavy (non-hydrogen) atoms. The topological polar surface area (TPSA) is 109 Å². The summed E-state index contributed by atoms with van der Waals surface area (Å²) in [5, 5.41) is 2.80. The van der Waals surface area contributed by atoms with Gasteiger partial charge < -0.3 is 28.8 Å². The number of esters is 2. The van der Waals surface area contributed by atoms with Crippen LogP contribution in [0.5, 0.6) is 0 Å². The molecule has 0 aliphatic carbocycles. The van der Waals surface area contributed by atoms with Gasteiger partial charge in [-0.3, -0.25) is 4.79 Å². The molecule has 1 heterocycles. The van der Waals surface area contributed by atoms with E-state index in [9.17, 15) is 14.4 Å². The molecule has 1 aliphatic heterocycles. The molecule has 10 heteroatoms. The largest absolute Gasteiger partial charge is 0.494 e. The van der Waals surface area contributed by atoms with Gasteiger partial charge in [-0.25, -0.2) is 9.59 Å². The fraction of sp³-hybridized carbons (Fsp3) is 0.609. The molecule has 0 bridgehead atoms. The summed E-state index contributed by atoms with van der Waals surface area (Å²) in [7, 11) is 0.841. The van der Waals surface area contributed by atoms with Gasteiger partial charge in [-0.05, 0) is 51.6 Å². The predicted molar refractivity (Wildman–Crippen MR) is 122 cm³/mol. The second kappa shape index (κ2) is 11.6. The van der Waals surface area contributed by atoms with E-state index < -0.39 is 36.4 Å². The number of hydrogen-bond acceptors (Lipinski definition) is 8. The Morgan fingerprint density at radius 2 is 1.79 bits per heavy atom. The van der Waals surface area contributed by atoms with E-state index in [2.05, 4.69) is 10.1 Å². The molecule has 1 amide bonds. The zero-order chi connectivity index (χ0) is 24.6. The zero-order valence-corrected chi connectivity index (χ0v) is 20.3. The van der Waals surface area contributed by atoms with Crippen LogP contribution < -0.4 is 10.8 Å². The Hall–Kier alpha value is -2.43. The zero-order valence-electron chi connectivity index (χ0n) is 20.3. The van der Waals surface area contributed by atoms with Crippen molar-refractivity contribution in [1.82, 2.24) is 5.32 Å². The van der Waals surface area contributed by atoms with Crippen LogP contribution in [0.1, 0.15) is 53.0 Å². The summed E-state index contributed by atoms with van der Waals surface area (Å²) < 4.78 is 27.3. The van der Waals surface area contributed by atoms with Crippen molar-refractivity contribution in [2.24, 2.45) is 0 Å². The van der Waals surface area contributed by atoms with Crippen LogP contribution in [-0.2, 0) is 44.5 Å². The van der Waals surface area contributed by atoms with Gasteiger partial charge in [0.05, 0.1) is 11.2 Å². The Morgan fingerprint density at radius 1 is 1.12 bits per heavy atom. The maximum atomic E-state index is 12.0. The average Bonchev–Trinajstić information content (AvgIpc) is 2.98. The molecule has 1 N–H and O–H groups in total. The van der Waals surface area contributed by atoms with E-state index in [-0.39, 0.29) is 19.1 Å². The third-order valence-corrected chi connectivity index (χ3v) is 5.78. The molecule has 9 nitrogen and oxygen atoms in total. The minimum atomic E-state index is -1.02. The molecular formula is C23H34BNO8. The second-order valence-electron chi connectivity index (χ2n) is 8.81. The molecule has 182 valence electrons. The lowest BCUT2D eigenvalue weighted by molar-refractivity contribution is -0.169. The maximum Gasteiger partial charge on any atom is 0.494 e. The molecule has 1 saturated heterocycles. The normalized spacial score (nSPS) is 20.2. The minimum absolute atomic E-state index is 0.0457. The summed E-state index contributed by atoms with van der Waals surface area (Å²) in [5.74, 6) is -1.32. The average molecular weight is 463 g/mol. The van der Waals surface area contributed by atoms with E-state index in [0.29, 0.717) is 6.54 Å². The van der Waals surface area contributed by atoms with Crippen LogP contribution in [0.4, 0.5) is 0 Å². The summed E-state index contributed by atoms with van der Waals surface area (Å²) in [6, 6.07) is 7.40. The van der Waals surface area contributed by atoms with Gasteiger partial charge in [-0.1, -0.05) is 24.3 Å². The second-order valence-corrected chi connectivity index (χ2v) is 8.81. The molecule has 2 unspecified atom stereocenters. The fourth-order valence-electron chi connectivity index (χ4n) is 3.42. The smallest absolute Gasteiger partial charge is 0.458 e. The van der Waals surface area contributed by atoms with Crippen LogP contribution in [0, 0.1) is 0 Å². The van der Waals surface area contributed by atoms with Crippen molar-refractivity contribution < 1.29 is 37.9 Å². The highest BCUT2D eigenvalue weighted by molar-refractivity contribution is 6.62. The molecule has 1 aromatic rings. The minimum Gasteiger partial charge on any atom is -0.458 e. The Labute approximate surface area is 195 Å². The van der Waals surface area contributed by atoms with Gasteiger partial charge in [-0.2, -0.15) is 0 Å². The Morgan fingerprint density at radius 3 is 2.39 bits per heavy atom. The molecule has 1 aliphatic rings. The molecule has 0 spiro atoms. The lowest BCUT2D eigenvalue weighted by atomic mass is 9.79. The van der Waals surface area contributed by atoms with E-state index in [1.165, 1.54) is 21.0 Å². The van der Waals surface area contributed by atoms with E-state index in [1.54, 1.807) is 0 Å². The third-order valence-electron chi connectivity index (χ3n) is 5.78. The van der Waals surface area contributed by atoms with Crippen LogP contribution in [0.2, 0.25) is 0 Å². The highest BCUT2D eigenvalue weighted by atomic mass is 16.7. The van der Waals surface area contributed by atoms with Gasteiger partial charge >= 0.3 is 19.1 Å². The number of rotatable bonds is 11. The van der Waals surface area contributed by atoms with Gasteiger partial charge in [0.25, 0.3) is 0 Å². The maximum absolute atomic E-state index is 12.0. The van der Waals surface area contributed by atoms with Gasteiger partial charge in [0.2, 0.25) is 5.91 Å². The first-order valence-corrected chi connectivity index (χ1v) is 11.0. The van der Waals surface area contributed by atoms with Crippen molar-refractivity contribution in [3.8, 4) is 0 Å². The summed E-state index contributed by atoms with van der Waals surface area (Å²) in [6.45, 7) is 9.38. The summed E-state index contributed by atoms with van der Waals surface area (Å²) in [5.41, 5.74) is 0.600. The Balaban J connectivity index is 1.89. The molecule has 0 aromatic heterocycles. The standard InChI is InChI=1S/C23H34BNO8/c1-16(31-20(27)15-29-6)21(28)30-14-18-8-10-19(11-9-18)24-32-22(3,4)23(5,33-24)12-7-13-25-17(2)26/h8-11,16H,7,12-15H2,1-6H3,(H,25,26). The molecule has 0 radical (unpaired) electrons. The van der Waals surface area contributed by atoms with Crippen molar-refractivity contribution in [3.63, 3.8) is 0 Å². The van der Waals surface area contributed by atoms with E-state index in [1.807, 2.05) is 45.0 Å². The van der Waals surface area contributed by atoms with Crippen LogP contribution in [0.3, 0.4) is 0 Å². The van der Waals surface area contributed by atoms with Gasteiger partial charge in [0.1, 0.15) is 13.2 Å². The number of benzene rings is 1. The quantitative estimate of drug-likeness (QED) is 0.299. The van der Waals surface area contributed by atoms with E-state index in [4.69, 9.17) is 18.8 Å². The third kappa shape index (κ3) is 7.55. The van der Waals surface area contributed by atoms with Crippen molar-refractivity contribution in [2.45, 2.75) is 71.4 Å². The molecule has 1 fully saturated rings. The van der Waals surface area contributed by atoms with Crippen molar-refractivity contribution in [2.75, 3.05) is 20.3 Å². The van der Waals surface area contributed by atoms with E-state index in [0.717, 1.165) is 23.9 Å². The first-order chi connectivity index (χ1) is 15.5. The highest BCUT2D eigenvalue weighted by Crippen LogP contribution is 2.40. The lowest BCUT2D eigenvalue weighted by Gasteiger charge is -2.36. The molecule has 2 atom stereocenters. The van der Waals surface area contributed by atoms with Gasteiger partial charge in [0, 0.05) is 20.6 Å². The number of methoxy groups -OCH3 is 1. The lowest BCUT2D eigenvalue weighted by Crippen LogP contribution is -2.45. The summed E-state index contributed by atoms with van der Waals surface area (Å²) in [6.07, 6.45) is 0.495. The number of carbonyl (C=O) groups is 3. The first-order valence-electron chi connectivity index (χ1n) is 11.0. The van der Waals surface area contributed by atoms with Crippen molar-refractivity contribution in [1.29, 1.82) is 0 Å². The Kier molecular flexibility index (Phi) is 9.45. The van der Waals surface area contributed by atoms with Gasteiger partial charge in [0.15, 0.2) is 6.10 Å². The van der Waals surface area contributed by atoms with Crippen LogP contribution >= 0.6 is 0 Å². The summed E-state index contributed by atoms with van der Waals surface area (Å²) in [4.78, 5) is 34.5. The number of nitrogens with one attached hydrogen (secondary N) is 1. The van der Waals surface area contributed by atoms with Crippen molar-refractivity contribution >= 4 is 30.4 Å². The number of carbonyl (C=O) groups excluding carboxylic acids is 3.